The summed E-state index contributed by atoms with van der Waals surface area (Å²) in [5.41, 5.74) is 0. The molecule has 1 aromatic rings. The summed E-state index contributed by atoms with van der Waals surface area (Å²) in [4.78, 5) is 6.27. The van der Waals surface area contributed by atoms with Gasteiger partial charge in [0.05, 0.1) is 0 Å². The molecule has 62 valence electrons. The van der Waals surface area contributed by atoms with E-state index in [-0.39, 0.29) is 12.4 Å². The Labute approximate surface area is 73.7 Å². The minimum Gasteiger partial charge on any atom is -0.360 e. The Morgan fingerprint density at radius 3 is 2.64 bits per heavy atom. The van der Waals surface area contributed by atoms with Crippen molar-refractivity contribution in [3.63, 3.8) is 0 Å². The Kier molecular flexibility index (Phi) is 4.62. The Morgan fingerprint density at radius 1 is 1.45 bits per heavy atom. The molecule has 0 aliphatic rings. The lowest BCUT2D eigenvalue weighted by Gasteiger charge is -2.13. The van der Waals surface area contributed by atoms with Crippen LogP contribution in [0.15, 0.2) is 24.4 Å². The average molecular weight is 173 g/mol. The van der Waals surface area contributed by atoms with Crippen molar-refractivity contribution < 1.29 is 0 Å². The summed E-state index contributed by atoms with van der Waals surface area (Å²) in [5, 5.41) is 0. The molecule has 0 aliphatic carbocycles. The first-order valence-electron chi connectivity index (χ1n) is 3.46. The van der Waals surface area contributed by atoms with Crippen LogP contribution in [0.1, 0.15) is 6.92 Å². The molecular formula is C8H13ClN2. The molecule has 0 spiro atoms. The van der Waals surface area contributed by atoms with E-state index in [4.69, 9.17) is 0 Å². The molecule has 0 saturated carbocycles. The van der Waals surface area contributed by atoms with Gasteiger partial charge in [-0.25, -0.2) is 4.98 Å². The second-order valence-corrected chi connectivity index (χ2v) is 2.20. The van der Waals surface area contributed by atoms with E-state index in [2.05, 4.69) is 16.8 Å². The van der Waals surface area contributed by atoms with Gasteiger partial charge in [-0.15, -0.1) is 12.4 Å². The highest BCUT2D eigenvalue weighted by Crippen LogP contribution is 2.04. The first kappa shape index (κ1) is 10.2. The smallest absolute Gasteiger partial charge is 0.128 e. The molecule has 0 N–H and O–H groups in total. The fourth-order valence-electron chi connectivity index (χ4n) is 0.742. The lowest BCUT2D eigenvalue weighted by molar-refractivity contribution is 0.938. The van der Waals surface area contributed by atoms with Gasteiger partial charge in [-0.3, -0.25) is 0 Å². The molecule has 0 amide bonds. The average Bonchev–Trinajstić information content (AvgIpc) is 2.05. The number of anilines is 1. The number of nitrogens with zero attached hydrogens (tertiary/aromatic N) is 2. The zero-order chi connectivity index (χ0) is 7.40. The van der Waals surface area contributed by atoms with Crippen LogP contribution in [0, 0.1) is 0 Å². The van der Waals surface area contributed by atoms with Crippen molar-refractivity contribution in [3.8, 4) is 0 Å². The Hall–Kier alpha value is -0.760. The third-order valence-electron chi connectivity index (χ3n) is 1.51. The topological polar surface area (TPSA) is 16.1 Å². The standard InChI is InChI=1S/C8H12N2.ClH/c1-3-10(2)8-6-4-5-7-9-8;/h4-7H,3H2,1-2H3;1H. The lowest BCUT2D eigenvalue weighted by atomic mass is 10.4. The number of rotatable bonds is 2. The monoisotopic (exact) mass is 172 g/mol. The predicted molar refractivity (Wildman–Crippen MR) is 50.4 cm³/mol. The number of hydrogen-bond donors (Lipinski definition) is 0. The van der Waals surface area contributed by atoms with Gasteiger partial charge in [0.2, 0.25) is 0 Å². The maximum absolute atomic E-state index is 4.18. The molecule has 1 rings (SSSR count). The largest absolute Gasteiger partial charge is 0.360 e. The third-order valence-corrected chi connectivity index (χ3v) is 1.51. The van der Waals surface area contributed by atoms with Crippen molar-refractivity contribution in [2.75, 3.05) is 18.5 Å². The van der Waals surface area contributed by atoms with Crippen LogP contribution in [0.3, 0.4) is 0 Å². The van der Waals surface area contributed by atoms with Gasteiger partial charge in [0, 0.05) is 19.8 Å². The summed E-state index contributed by atoms with van der Waals surface area (Å²) in [6, 6.07) is 5.92. The predicted octanol–water partition coefficient (Wildman–Crippen LogP) is 1.96. The van der Waals surface area contributed by atoms with Crippen LogP contribution in [-0.4, -0.2) is 18.6 Å². The maximum atomic E-state index is 4.18. The summed E-state index contributed by atoms with van der Waals surface area (Å²) in [7, 11) is 2.03. The zero-order valence-corrected chi connectivity index (χ0v) is 7.64. The van der Waals surface area contributed by atoms with Gasteiger partial charge in [-0.05, 0) is 19.1 Å². The van der Waals surface area contributed by atoms with Crippen LogP contribution in [0.5, 0.6) is 0 Å². The van der Waals surface area contributed by atoms with E-state index in [0.29, 0.717) is 0 Å². The summed E-state index contributed by atoms with van der Waals surface area (Å²) in [6.45, 7) is 3.10. The van der Waals surface area contributed by atoms with E-state index in [1.807, 2.05) is 31.4 Å². The molecule has 0 aliphatic heterocycles. The van der Waals surface area contributed by atoms with E-state index in [9.17, 15) is 0 Å². The SMILES string of the molecule is CCN(C)c1ccccn1.Cl. The van der Waals surface area contributed by atoms with E-state index in [1.165, 1.54) is 0 Å². The maximum Gasteiger partial charge on any atom is 0.128 e. The number of pyridine rings is 1. The highest BCUT2D eigenvalue weighted by molar-refractivity contribution is 5.85. The first-order valence-corrected chi connectivity index (χ1v) is 3.46. The molecule has 0 bridgehead atoms. The highest BCUT2D eigenvalue weighted by Gasteiger charge is 1.94. The fourth-order valence-corrected chi connectivity index (χ4v) is 0.742. The Bertz CT molecular complexity index is 189. The summed E-state index contributed by atoms with van der Waals surface area (Å²) in [6.07, 6.45) is 1.81. The van der Waals surface area contributed by atoms with Gasteiger partial charge in [0.15, 0.2) is 0 Å². The van der Waals surface area contributed by atoms with Crippen LogP contribution in [0.25, 0.3) is 0 Å². The van der Waals surface area contributed by atoms with Gasteiger partial charge < -0.3 is 4.90 Å². The molecule has 0 atom stereocenters. The van der Waals surface area contributed by atoms with Gasteiger partial charge >= 0.3 is 0 Å². The third kappa shape index (κ3) is 2.76. The van der Waals surface area contributed by atoms with Crippen molar-refractivity contribution in [3.05, 3.63) is 24.4 Å². The number of aromatic nitrogens is 1. The lowest BCUT2D eigenvalue weighted by Crippen LogP contribution is -2.16. The van der Waals surface area contributed by atoms with Crippen molar-refractivity contribution in [2.45, 2.75) is 6.92 Å². The van der Waals surface area contributed by atoms with E-state index >= 15 is 0 Å². The molecule has 0 unspecified atom stereocenters. The van der Waals surface area contributed by atoms with Crippen LogP contribution in [-0.2, 0) is 0 Å². The molecule has 1 heterocycles. The van der Waals surface area contributed by atoms with Crippen molar-refractivity contribution in [1.29, 1.82) is 0 Å². The summed E-state index contributed by atoms with van der Waals surface area (Å²) < 4.78 is 0. The van der Waals surface area contributed by atoms with Gasteiger partial charge in [0.25, 0.3) is 0 Å². The molecule has 1 aromatic heterocycles. The van der Waals surface area contributed by atoms with E-state index < -0.39 is 0 Å². The zero-order valence-electron chi connectivity index (χ0n) is 6.82. The fraction of sp³-hybridized carbons (Fsp3) is 0.375. The van der Waals surface area contributed by atoms with Gasteiger partial charge in [0.1, 0.15) is 5.82 Å². The molecule has 11 heavy (non-hydrogen) atoms. The van der Waals surface area contributed by atoms with Gasteiger partial charge in [-0.1, -0.05) is 6.07 Å². The molecule has 3 heteroatoms. The van der Waals surface area contributed by atoms with Crippen LogP contribution in [0.4, 0.5) is 5.82 Å². The van der Waals surface area contributed by atoms with E-state index in [1.54, 1.807) is 0 Å². The molecule has 0 saturated heterocycles. The number of halogens is 1. The second-order valence-electron chi connectivity index (χ2n) is 2.20. The molecule has 0 fully saturated rings. The van der Waals surface area contributed by atoms with Crippen molar-refractivity contribution in [1.82, 2.24) is 4.98 Å². The quantitative estimate of drug-likeness (QED) is 0.678. The molecule has 2 nitrogen and oxygen atoms in total. The minimum atomic E-state index is 0. The summed E-state index contributed by atoms with van der Waals surface area (Å²) in [5.74, 6) is 1.03. The van der Waals surface area contributed by atoms with Crippen molar-refractivity contribution in [2.24, 2.45) is 0 Å². The minimum absolute atomic E-state index is 0. The summed E-state index contributed by atoms with van der Waals surface area (Å²) >= 11 is 0. The highest BCUT2D eigenvalue weighted by atomic mass is 35.5. The van der Waals surface area contributed by atoms with Crippen LogP contribution >= 0.6 is 12.4 Å². The molecule has 0 radical (unpaired) electrons. The number of hydrogen-bond acceptors (Lipinski definition) is 2. The molecular weight excluding hydrogens is 160 g/mol. The van der Waals surface area contributed by atoms with Crippen molar-refractivity contribution >= 4 is 18.2 Å². The van der Waals surface area contributed by atoms with Crippen LogP contribution < -0.4 is 4.90 Å². The first-order chi connectivity index (χ1) is 4.84. The van der Waals surface area contributed by atoms with Gasteiger partial charge in [-0.2, -0.15) is 0 Å². The van der Waals surface area contributed by atoms with Crippen LogP contribution in [0.2, 0.25) is 0 Å². The Balaban J connectivity index is 0.000001000. The molecule has 0 aromatic carbocycles. The van der Waals surface area contributed by atoms with E-state index in [0.717, 1.165) is 12.4 Å². The normalized spacial score (nSPS) is 8.55. The Morgan fingerprint density at radius 2 is 2.18 bits per heavy atom. The second kappa shape index (κ2) is 4.97.